The smallest absolute Gasteiger partial charge is 0.338 e. The topological polar surface area (TPSA) is 57.7 Å². The quantitative estimate of drug-likeness (QED) is 0.275. The molecular formula is C25H35NO4. The van der Waals surface area contributed by atoms with E-state index in [1.165, 1.54) is 32.1 Å². The van der Waals surface area contributed by atoms with Crippen LogP contribution in [0.3, 0.4) is 0 Å². The minimum Gasteiger partial charge on any atom is -0.490 e. The molecule has 0 spiro atoms. The van der Waals surface area contributed by atoms with Crippen molar-refractivity contribution in [3.05, 3.63) is 53.9 Å². The lowest BCUT2D eigenvalue weighted by Crippen LogP contribution is -2.25. The Bertz CT molecular complexity index is 728. The van der Waals surface area contributed by atoms with Gasteiger partial charge in [-0.25, -0.2) is 4.79 Å². The third-order valence-corrected chi connectivity index (χ3v) is 4.87. The van der Waals surface area contributed by atoms with E-state index in [1.54, 1.807) is 37.4 Å². The van der Waals surface area contributed by atoms with Gasteiger partial charge in [0.25, 0.3) is 0 Å². The van der Waals surface area contributed by atoms with Crippen molar-refractivity contribution in [1.29, 1.82) is 0 Å². The Balaban J connectivity index is 1.89. The maximum absolute atomic E-state index is 11.8. The molecule has 1 aromatic heterocycles. The minimum absolute atomic E-state index is 0.0505. The zero-order valence-corrected chi connectivity index (χ0v) is 18.6. The normalized spacial score (nSPS) is 11.7. The fourth-order valence-corrected chi connectivity index (χ4v) is 3.14. The first-order valence-corrected chi connectivity index (χ1v) is 11.1. The largest absolute Gasteiger partial charge is 0.490 e. The van der Waals surface area contributed by atoms with E-state index < -0.39 is 0 Å². The maximum Gasteiger partial charge on any atom is 0.338 e. The summed E-state index contributed by atoms with van der Waals surface area (Å²) in [5.41, 5.74) is 1.49. The van der Waals surface area contributed by atoms with Crippen LogP contribution in [0.5, 0.6) is 11.5 Å². The van der Waals surface area contributed by atoms with Crippen LogP contribution in [0.15, 0.2) is 42.6 Å². The summed E-state index contributed by atoms with van der Waals surface area (Å²) in [6, 6.07) is 10.9. The molecule has 5 heteroatoms. The van der Waals surface area contributed by atoms with Crippen LogP contribution >= 0.6 is 0 Å². The molecule has 0 saturated heterocycles. The standard InChI is InChI=1S/C25H35NO4/c1-4-6-7-8-9-10-11-24(30-23-15-12-20(3)26-18-23)19-29-22-16-13-21(14-17-22)25(27)28-5-2/h12-18,24H,4-11,19H2,1-3H3. The number of aromatic nitrogens is 1. The first-order valence-electron chi connectivity index (χ1n) is 11.1. The molecule has 0 aliphatic carbocycles. The van der Waals surface area contributed by atoms with Gasteiger partial charge in [-0.3, -0.25) is 4.98 Å². The molecule has 164 valence electrons. The van der Waals surface area contributed by atoms with Gasteiger partial charge < -0.3 is 14.2 Å². The molecule has 1 unspecified atom stereocenters. The molecule has 1 atom stereocenters. The van der Waals surface area contributed by atoms with Crippen molar-refractivity contribution in [3.8, 4) is 11.5 Å². The van der Waals surface area contributed by atoms with Crippen LogP contribution in [0, 0.1) is 6.92 Å². The zero-order valence-electron chi connectivity index (χ0n) is 18.6. The molecule has 0 aliphatic rings. The Hall–Kier alpha value is -2.56. The second-order valence-electron chi connectivity index (χ2n) is 7.49. The molecular weight excluding hydrogens is 378 g/mol. The van der Waals surface area contributed by atoms with Crippen molar-refractivity contribution in [1.82, 2.24) is 4.98 Å². The van der Waals surface area contributed by atoms with Gasteiger partial charge in [0.1, 0.15) is 24.2 Å². The highest BCUT2D eigenvalue weighted by molar-refractivity contribution is 5.89. The fraction of sp³-hybridized carbons (Fsp3) is 0.520. The molecule has 0 N–H and O–H groups in total. The third-order valence-electron chi connectivity index (χ3n) is 4.87. The number of aryl methyl sites for hydroxylation is 1. The number of unbranched alkanes of at least 4 members (excludes halogenated alkanes) is 5. The molecule has 30 heavy (non-hydrogen) atoms. The number of nitrogens with zero attached hydrogens (tertiary/aromatic N) is 1. The molecule has 0 fully saturated rings. The van der Waals surface area contributed by atoms with E-state index in [9.17, 15) is 4.79 Å². The molecule has 5 nitrogen and oxygen atoms in total. The van der Waals surface area contributed by atoms with E-state index in [1.807, 2.05) is 19.1 Å². The molecule has 2 rings (SSSR count). The van der Waals surface area contributed by atoms with Crippen molar-refractivity contribution in [3.63, 3.8) is 0 Å². The number of hydrogen-bond donors (Lipinski definition) is 0. The van der Waals surface area contributed by atoms with E-state index in [-0.39, 0.29) is 12.1 Å². The highest BCUT2D eigenvalue weighted by Crippen LogP contribution is 2.18. The van der Waals surface area contributed by atoms with Crippen molar-refractivity contribution in [2.45, 2.75) is 71.8 Å². The summed E-state index contributed by atoms with van der Waals surface area (Å²) in [6.45, 7) is 6.80. The number of rotatable bonds is 14. The van der Waals surface area contributed by atoms with E-state index >= 15 is 0 Å². The van der Waals surface area contributed by atoms with E-state index in [0.717, 1.165) is 24.3 Å². The van der Waals surface area contributed by atoms with Gasteiger partial charge in [-0.1, -0.05) is 39.0 Å². The predicted molar refractivity (Wildman–Crippen MR) is 119 cm³/mol. The Morgan fingerprint density at radius 1 is 0.933 bits per heavy atom. The lowest BCUT2D eigenvalue weighted by atomic mass is 10.1. The lowest BCUT2D eigenvalue weighted by molar-refractivity contribution is 0.0526. The van der Waals surface area contributed by atoms with E-state index in [0.29, 0.717) is 24.5 Å². The second kappa shape index (κ2) is 13.6. The zero-order chi connectivity index (χ0) is 21.6. The fourth-order valence-electron chi connectivity index (χ4n) is 3.14. The summed E-state index contributed by atoms with van der Waals surface area (Å²) in [5.74, 6) is 1.15. The molecule has 0 saturated carbocycles. The minimum atomic E-state index is -0.319. The summed E-state index contributed by atoms with van der Waals surface area (Å²) in [7, 11) is 0. The van der Waals surface area contributed by atoms with E-state index in [4.69, 9.17) is 14.2 Å². The van der Waals surface area contributed by atoms with Crippen LogP contribution in [0.25, 0.3) is 0 Å². The number of pyridine rings is 1. The van der Waals surface area contributed by atoms with Crippen LogP contribution in [0.4, 0.5) is 0 Å². The van der Waals surface area contributed by atoms with Crippen molar-refractivity contribution >= 4 is 5.97 Å². The molecule has 1 heterocycles. The van der Waals surface area contributed by atoms with Gasteiger partial charge in [0, 0.05) is 5.69 Å². The van der Waals surface area contributed by atoms with Gasteiger partial charge in [-0.15, -0.1) is 0 Å². The van der Waals surface area contributed by atoms with Gasteiger partial charge in [0.2, 0.25) is 0 Å². The Kier molecular flexibility index (Phi) is 10.8. The number of hydrogen-bond acceptors (Lipinski definition) is 5. The van der Waals surface area contributed by atoms with Crippen LogP contribution < -0.4 is 9.47 Å². The third kappa shape index (κ3) is 8.85. The summed E-state index contributed by atoms with van der Waals surface area (Å²) >= 11 is 0. The summed E-state index contributed by atoms with van der Waals surface area (Å²) in [4.78, 5) is 16.1. The van der Waals surface area contributed by atoms with E-state index in [2.05, 4.69) is 11.9 Å². The van der Waals surface area contributed by atoms with Crippen molar-refractivity contribution in [2.24, 2.45) is 0 Å². The van der Waals surface area contributed by atoms with Gasteiger partial charge in [-0.05, 0) is 63.1 Å². The second-order valence-corrected chi connectivity index (χ2v) is 7.49. The molecule has 1 aromatic carbocycles. The van der Waals surface area contributed by atoms with Crippen LogP contribution in [0.1, 0.15) is 74.8 Å². The number of esters is 1. The van der Waals surface area contributed by atoms with Gasteiger partial charge in [0.05, 0.1) is 18.4 Å². The van der Waals surface area contributed by atoms with Gasteiger partial charge in [-0.2, -0.15) is 0 Å². The number of carbonyl (C=O) groups excluding carboxylic acids is 1. The molecule has 0 radical (unpaired) electrons. The lowest BCUT2D eigenvalue weighted by Gasteiger charge is -2.20. The average molecular weight is 414 g/mol. The summed E-state index contributed by atoms with van der Waals surface area (Å²) in [6.07, 6.45) is 10.1. The molecule has 2 aromatic rings. The van der Waals surface area contributed by atoms with Crippen molar-refractivity contribution < 1.29 is 19.0 Å². The first-order chi connectivity index (χ1) is 14.6. The Labute approximate surface area is 180 Å². The summed E-state index contributed by atoms with van der Waals surface area (Å²) < 4.78 is 17.1. The van der Waals surface area contributed by atoms with Crippen LogP contribution in [-0.2, 0) is 4.74 Å². The number of carbonyl (C=O) groups is 1. The highest BCUT2D eigenvalue weighted by atomic mass is 16.5. The SMILES string of the molecule is CCCCCCCCC(COc1ccc(C(=O)OCC)cc1)Oc1ccc(C)nc1. The predicted octanol–water partition coefficient (Wildman–Crippen LogP) is 6.14. The molecule has 0 amide bonds. The maximum atomic E-state index is 11.8. The molecule has 0 aliphatic heterocycles. The Morgan fingerprint density at radius 2 is 1.63 bits per heavy atom. The van der Waals surface area contributed by atoms with Crippen LogP contribution in [-0.4, -0.2) is 30.3 Å². The van der Waals surface area contributed by atoms with Gasteiger partial charge >= 0.3 is 5.97 Å². The van der Waals surface area contributed by atoms with Gasteiger partial charge in [0.15, 0.2) is 0 Å². The number of ether oxygens (including phenoxy) is 3. The molecule has 0 bridgehead atoms. The Morgan fingerprint density at radius 3 is 2.30 bits per heavy atom. The summed E-state index contributed by atoms with van der Waals surface area (Å²) in [5, 5.41) is 0. The first kappa shape index (κ1) is 23.7. The van der Waals surface area contributed by atoms with Crippen LogP contribution in [0.2, 0.25) is 0 Å². The van der Waals surface area contributed by atoms with Crippen molar-refractivity contribution in [2.75, 3.05) is 13.2 Å². The average Bonchev–Trinajstić information content (AvgIpc) is 2.76. The highest BCUT2D eigenvalue weighted by Gasteiger charge is 2.13. The number of benzene rings is 1. The monoisotopic (exact) mass is 413 g/mol.